The van der Waals surface area contributed by atoms with Crippen LogP contribution in [0.2, 0.25) is 0 Å². The van der Waals surface area contributed by atoms with Gasteiger partial charge >= 0.3 is 0 Å². The Morgan fingerprint density at radius 3 is 2.64 bits per heavy atom. The van der Waals surface area contributed by atoms with Crippen LogP contribution in [0.25, 0.3) is 0 Å². The first-order valence-electron chi connectivity index (χ1n) is 4.34. The molecule has 2 rings (SSSR count). The maximum atomic E-state index is 11.6. The van der Waals surface area contributed by atoms with Crippen molar-refractivity contribution >= 4 is 32.4 Å². The van der Waals surface area contributed by atoms with Crippen molar-refractivity contribution in [2.24, 2.45) is 0 Å². The second-order valence-corrected chi connectivity index (χ2v) is 6.54. The summed E-state index contributed by atoms with van der Waals surface area (Å²) in [6.45, 7) is 0. The highest BCUT2D eigenvalue weighted by Crippen LogP contribution is 2.43. The zero-order chi connectivity index (χ0) is 10.3. The van der Waals surface area contributed by atoms with Gasteiger partial charge in [0.2, 0.25) is 0 Å². The molecule has 3 nitrogen and oxygen atoms in total. The summed E-state index contributed by atoms with van der Waals surface area (Å²) in [6.07, 6.45) is 5.13. The summed E-state index contributed by atoms with van der Waals surface area (Å²) in [5, 5.41) is 0. The zero-order valence-electron chi connectivity index (χ0n) is 7.70. The standard InChI is InChI=1S/C9H10INO2S/c1-14(12,13)8-7(6-2-3-6)4-5-11-9(8)10/h4-6H,2-3H2,1H3. The number of halogens is 1. The molecular weight excluding hydrogens is 313 g/mol. The number of sulfone groups is 1. The van der Waals surface area contributed by atoms with E-state index in [1.807, 2.05) is 28.7 Å². The van der Waals surface area contributed by atoms with E-state index in [0.29, 0.717) is 14.5 Å². The fourth-order valence-corrected chi connectivity index (χ4v) is 4.21. The minimum absolute atomic E-state index is 0.433. The molecule has 76 valence electrons. The van der Waals surface area contributed by atoms with Crippen LogP contribution in [0.1, 0.15) is 24.3 Å². The summed E-state index contributed by atoms with van der Waals surface area (Å²) in [5.41, 5.74) is 0.951. The molecule has 0 saturated heterocycles. The lowest BCUT2D eigenvalue weighted by Crippen LogP contribution is -2.05. The minimum atomic E-state index is -3.14. The van der Waals surface area contributed by atoms with Gasteiger partial charge in [-0.25, -0.2) is 13.4 Å². The van der Waals surface area contributed by atoms with E-state index in [1.165, 1.54) is 6.26 Å². The van der Waals surface area contributed by atoms with Crippen LogP contribution in [0.15, 0.2) is 17.2 Å². The third-order valence-electron chi connectivity index (χ3n) is 2.28. The maximum Gasteiger partial charge on any atom is 0.178 e. The van der Waals surface area contributed by atoms with Crippen molar-refractivity contribution in [1.82, 2.24) is 4.98 Å². The molecule has 0 atom stereocenters. The van der Waals surface area contributed by atoms with Crippen LogP contribution in [0.3, 0.4) is 0 Å². The average Bonchev–Trinajstić information content (AvgIpc) is 2.83. The van der Waals surface area contributed by atoms with Gasteiger partial charge in [0.1, 0.15) is 8.60 Å². The van der Waals surface area contributed by atoms with Crippen molar-refractivity contribution in [3.63, 3.8) is 0 Å². The fraction of sp³-hybridized carbons (Fsp3) is 0.444. The summed E-state index contributed by atoms with van der Waals surface area (Å²) >= 11 is 1.98. The fourth-order valence-electron chi connectivity index (χ4n) is 1.52. The third kappa shape index (κ3) is 1.93. The summed E-state index contributed by atoms with van der Waals surface area (Å²) < 4.78 is 23.7. The van der Waals surface area contributed by atoms with E-state index in [-0.39, 0.29) is 0 Å². The lowest BCUT2D eigenvalue weighted by molar-refractivity contribution is 0.599. The number of pyridine rings is 1. The van der Waals surface area contributed by atoms with Gasteiger partial charge in [0, 0.05) is 12.5 Å². The summed E-state index contributed by atoms with van der Waals surface area (Å²) in [5.74, 6) is 0.441. The number of rotatable bonds is 2. The van der Waals surface area contributed by atoms with Gasteiger partial charge in [-0.15, -0.1) is 0 Å². The zero-order valence-corrected chi connectivity index (χ0v) is 10.7. The van der Waals surface area contributed by atoms with Crippen LogP contribution < -0.4 is 0 Å². The van der Waals surface area contributed by atoms with E-state index in [4.69, 9.17) is 0 Å². The molecule has 1 aromatic rings. The monoisotopic (exact) mass is 323 g/mol. The summed E-state index contributed by atoms with van der Waals surface area (Å²) in [7, 11) is -3.14. The van der Waals surface area contributed by atoms with Crippen LogP contribution >= 0.6 is 22.6 Å². The summed E-state index contributed by atoms with van der Waals surface area (Å²) in [6, 6.07) is 1.83. The van der Waals surface area contributed by atoms with E-state index in [9.17, 15) is 8.42 Å². The van der Waals surface area contributed by atoms with Gasteiger partial charge in [-0.05, 0) is 53.0 Å². The largest absolute Gasteiger partial charge is 0.249 e. The number of hydrogen-bond donors (Lipinski definition) is 0. The molecule has 1 heterocycles. The highest BCUT2D eigenvalue weighted by molar-refractivity contribution is 14.1. The Bertz CT molecular complexity index is 466. The highest BCUT2D eigenvalue weighted by Gasteiger charge is 2.30. The smallest absolute Gasteiger partial charge is 0.178 e. The molecule has 1 saturated carbocycles. The van der Waals surface area contributed by atoms with Crippen molar-refractivity contribution < 1.29 is 8.42 Å². The normalized spacial score (nSPS) is 17.0. The second kappa shape index (κ2) is 3.44. The minimum Gasteiger partial charge on any atom is -0.249 e. The Morgan fingerprint density at radius 1 is 1.50 bits per heavy atom. The van der Waals surface area contributed by atoms with Gasteiger partial charge in [0.15, 0.2) is 9.84 Å². The SMILES string of the molecule is CS(=O)(=O)c1c(C2CC2)ccnc1I. The van der Waals surface area contributed by atoms with E-state index in [0.717, 1.165) is 18.4 Å². The average molecular weight is 323 g/mol. The molecule has 0 spiro atoms. The van der Waals surface area contributed by atoms with Crippen molar-refractivity contribution in [1.29, 1.82) is 0 Å². The van der Waals surface area contributed by atoms with Crippen LogP contribution in [0.5, 0.6) is 0 Å². The van der Waals surface area contributed by atoms with Gasteiger partial charge < -0.3 is 0 Å². The Labute approximate surface area is 97.0 Å². The van der Waals surface area contributed by atoms with Crippen molar-refractivity contribution in [2.75, 3.05) is 6.26 Å². The topological polar surface area (TPSA) is 47.0 Å². The molecule has 1 aliphatic carbocycles. The molecular formula is C9H10INO2S. The van der Waals surface area contributed by atoms with Crippen molar-refractivity contribution in [3.05, 3.63) is 21.5 Å². The van der Waals surface area contributed by atoms with Gasteiger partial charge in [-0.3, -0.25) is 0 Å². The first kappa shape index (κ1) is 10.4. The molecule has 5 heteroatoms. The van der Waals surface area contributed by atoms with Gasteiger partial charge in [0.05, 0.1) is 0 Å². The van der Waals surface area contributed by atoms with Crippen molar-refractivity contribution in [3.8, 4) is 0 Å². The van der Waals surface area contributed by atoms with Crippen LogP contribution in [-0.4, -0.2) is 19.7 Å². The quantitative estimate of drug-likeness (QED) is 0.617. The lowest BCUT2D eigenvalue weighted by Gasteiger charge is -2.07. The molecule has 1 aromatic heterocycles. The van der Waals surface area contributed by atoms with Crippen LogP contribution in [0.4, 0.5) is 0 Å². The predicted octanol–water partition coefficient (Wildman–Crippen LogP) is 1.97. The highest BCUT2D eigenvalue weighted by atomic mass is 127. The van der Waals surface area contributed by atoms with Gasteiger partial charge in [-0.1, -0.05) is 0 Å². The predicted molar refractivity (Wildman–Crippen MR) is 62.0 cm³/mol. The molecule has 0 amide bonds. The number of nitrogens with zero attached hydrogens (tertiary/aromatic N) is 1. The third-order valence-corrected chi connectivity index (χ3v) is 4.63. The van der Waals surface area contributed by atoms with Gasteiger partial charge in [0.25, 0.3) is 0 Å². The van der Waals surface area contributed by atoms with E-state index in [2.05, 4.69) is 4.98 Å². The molecule has 0 unspecified atom stereocenters. The first-order valence-corrected chi connectivity index (χ1v) is 7.31. The van der Waals surface area contributed by atoms with Gasteiger partial charge in [-0.2, -0.15) is 0 Å². The molecule has 0 radical (unpaired) electrons. The van der Waals surface area contributed by atoms with E-state index in [1.54, 1.807) is 6.20 Å². The molecule has 0 bridgehead atoms. The first-order chi connectivity index (χ1) is 6.50. The number of hydrogen-bond acceptors (Lipinski definition) is 3. The molecule has 0 aliphatic heterocycles. The Morgan fingerprint density at radius 2 is 2.14 bits per heavy atom. The Balaban J connectivity index is 2.65. The molecule has 0 aromatic carbocycles. The van der Waals surface area contributed by atoms with E-state index < -0.39 is 9.84 Å². The van der Waals surface area contributed by atoms with Crippen molar-refractivity contribution in [2.45, 2.75) is 23.7 Å². The molecule has 0 N–H and O–H groups in total. The maximum absolute atomic E-state index is 11.6. The van der Waals surface area contributed by atoms with E-state index >= 15 is 0 Å². The Kier molecular flexibility index (Phi) is 2.55. The molecule has 1 fully saturated rings. The Hall–Kier alpha value is -0.170. The second-order valence-electron chi connectivity index (χ2n) is 3.57. The summed E-state index contributed by atoms with van der Waals surface area (Å²) in [4.78, 5) is 4.46. The number of aromatic nitrogens is 1. The van der Waals surface area contributed by atoms with Crippen LogP contribution in [-0.2, 0) is 9.84 Å². The lowest BCUT2D eigenvalue weighted by atomic mass is 10.2. The molecule has 1 aliphatic rings. The molecule has 14 heavy (non-hydrogen) atoms. The van der Waals surface area contributed by atoms with Crippen LogP contribution in [0, 0.1) is 3.70 Å².